The van der Waals surface area contributed by atoms with Gasteiger partial charge < -0.3 is 4.74 Å². The van der Waals surface area contributed by atoms with Crippen LogP contribution in [0.5, 0.6) is 5.88 Å². The Morgan fingerprint density at radius 3 is 2.27 bits per heavy atom. The summed E-state index contributed by atoms with van der Waals surface area (Å²) in [7, 11) is 1.59. The van der Waals surface area contributed by atoms with Gasteiger partial charge in [0.1, 0.15) is 11.6 Å². The normalized spacial score (nSPS) is 10.3. The van der Waals surface area contributed by atoms with Crippen LogP contribution in [0.3, 0.4) is 0 Å². The van der Waals surface area contributed by atoms with Crippen molar-refractivity contribution in [3.8, 4) is 11.6 Å². The number of hydrogen-bond donors (Lipinski definition) is 0. The van der Waals surface area contributed by atoms with Crippen LogP contribution in [0.1, 0.15) is 11.6 Å². The van der Waals surface area contributed by atoms with Gasteiger partial charge in [0.05, 0.1) is 19.0 Å². The van der Waals surface area contributed by atoms with Crippen molar-refractivity contribution in [2.75, 3.05) is 7.11 Å². The third-order valence-electron chi connectivity index (χ3n) is 2.17. The zero-order valence-electron chi connectivity index (χ0n) is 8.93. The fourth-order valence-corrected chi connectivity index (χ4v) is 1.47. The topological polar surface area (TPSA) is 52.8 Å². The molecule has 0 atom stereocenters. The van der Waals surface area contributed by atoms with Crippen molar-refractivity contribution in [1.82, 2.24) is 19.7 Å². The van der Waals surface area contributed by atoms with Crippen LogP contribution < -0.4 is 4.74 Å². The van der Waals surface area contributed by atoms with Crippen molar-refractivity contribution in [3.63, 3.8) is 0 Å². The molecule has 15 heavy (non-hydrogen) atoms. The number of methoxy groups -OCH3 is 1. The van der Waals surface area contributed by atoms with Gasteiger partial charge in [-0.05, 0) is 19.9 Å². The van der Waals surface area contributed by atoms with Gasteiger partial charge in [0.15, 0.2) is 0 Å². The molecular weight excluding hydrogens is 192 g/mol. The Hall–Kier alpha value is -1.91. The molecule has 0 radical (unpaired) electrons. The lowest BCUT2D eigenvalue weighted by molar-refractivity contribution is 0.398. The van der Waals surface area contributed by atoms with E-state index in [2.05, 4.69) is 15.2 Å². The number of hydrogen-bond acceptors (Lipinski definition) is 4. The van der Waals surface area contributed by atoms with Crippen LogP contribution in [-0.2, 0) is 0 Å². The average molecular weight is 204 g/mol. The second-order valence-electron chi connectivity index (χ2n) is 3.19. The van der Waals surface area contributed by atoms with E-state index in [1.54, 1.807) is 13.3 Å². The van der Waals surface area contributed by atoms with E-state index in [9.17, 15) is 0 Å². The van der Waals surface area contributed by atoms with Crippen molar-refractivity contribution in [3.05, 3.63) is 30.0 Å². The maximum Gasteiger partial charge on any atom is 0.213 e. The maximum atomic E-state index is 5.00. The van der Waals surface area contributed by atoms with Crippen molar-refractivity contribution in [2.24, 2.45) is 0 Å². The summed E-state index contributed by atoms with van der Waals surface area (Å²) in [4.78, 5) is 4.14. The van der Waals surface area contributed by atoms with Crippen molar-refractivity contribution in [1.29, 1.82) is 0 Å². The Bertz CT molecular complexity index is 441. The number of pyridine rings is 1. The molecule has 78 valence electrons. The minimum atomic E-state index is 0.599. The fourth-order valence-electron chi connectivity index (χ4n) is 1.47. The van der Waals surface area contributed by atoms with Crippen molar-refractivity contribution >= 4 is 0 Å². The quantitative estimate of drug-likeness (QED) is 0.739. The van der Waals surface area contributed by atoms with Crippen LogP contribution >= 0.6 is 0 Å². The molecule has 2 heterocycles. The molecule has 0 saturated carbocycles. The lowest BCUT2D eigenvalue weighted by Crippen LogP contribution is -2.00. The molecule has 2 rings (SSSR count). The summed E-state index contributed by atoms with van der Waals surface area (Å²) in [6.45, 7) is 3.81. The highest BCUT2D eigenvalue weighted by atomic mass is 16.5. The van der Waals surface area contributed by atoms with Crippen molar-refractivity contribution < 1.29 is 4.74 Å². The Kier molecular flexibility index (Phi) is 2.37. The standard InChI is InChI=1S/C10H12N4O/c1-7-12-13-8(2)14(7)9-4-5-10(15-3)11-6-9/h4-6H,1-3H3. The van der Waals surface area contributed by atoms with E-state index in [1.807, 2.05) is 30.5 Å². The first-order valence-corrected chi connectivity index (χ1v) is 4.61. The fraction of sp³-hybridized carbons (Fsp3) is 0.300. The Balaban J connectivity index is 2.45. The average Bonchev–Trinajstić information content (AvgIpc) is 2.59. The van der Waals surface area contributed by atoms with Crippen LogP contribution in [0.25, 0.3) is 5.69 Å². The summed E-state index contributed by atoms with van der Waals surface area (Å²) >= 11 is 0. The molecule has 0 amide bonds. The summed E-state index contributed by atoms with van der Waals surface area (Å²) < 4.78 is 6.93. The number of aromatic nitrogens is 4. The SMILES string of the molecule is COc1ccc(-n2c(C)nnc2C)cn1. The molecule has 0 bridgehead atoms. The van der Waals surface area contributed by atoms with Crippen molar-refractivity contribution in [2.45, 2.75) is 13.8 Å². The van der Waals surface area contributed by atoms with Crippen LogP contribution in [0.2, 0.25) is 0 Å². The Morgan fingerprint density at radius 1 is 1.13 bits per heavy atom. The molecule has 2 aromatic rings. The molecule has 5 nitrogen and oxygen atoms in total. The van der Waals surface area contributed by atoms with Crippen LogP contribution in [-0.4, -0.2) is 26.9 Å². The minimum Gasteiger partial charge on any atom is -0.481 e. The number of nitrogens with zero attached hydrogens (tertiary/aromatic N) is 4. The first kappa shape index (κ1) is 9.64. The highest BCUT2D eigenvalue weighted by Gasteiger charge is 2.06. The van der Waals surface area contributed by atoms with E-state index in [-0.39, 0.29) is 0 Å². The second-order valence-corrected chi connectivity index (χ2v) is 3.19. The summed E-state index contributed by atoms with van der Waals surface area (Å²) in [6.07, 6.45) is 1.74. The van der Waals surface area contributed by atoms with Gasteiger partial charge in [0, 0.05) is 6.07 Å². The maximum absolute atomic E-state index is 5.00. The highest BCUT2D eigenvalue weighted by molar-refractivity contribution is 5.33. The Labute approximate surface area is 87.7 Å². The minimum absolute atomic E-state index is 0.599. The molecular formula is C10H12N4O. The van der Waals surface area contributed by atoms with Gasteiger partial charge in [-0.25, -0.2) is 4.98 Å². The van der Waals surface area contributed by atoms with E-state index in [0.29, 0.717) is 5.88 Å². The largest absolute Gasteiger partial charge is 0.481 e. The van der Waals surface area contributed by atoms with Gasteiger partial charge in [0.25, 0.3) is 0 Å². The monoisotopic (exact) mass is 204 g/mol. The van der Waals surface area contributed by atoms with Gasteiger partial charge in [0.2, 0.25) is 5.88 Å². The molecule has 5 heteroatoms. The lowest BCUT2D eigenvalue weighted by Gasteiger charge is -2.06. The smallest absolute Gasteiger partial charge is 0.213 e. The summed E-state index contributed by atoms with van der Waals surface area (Å²) in [5.41, 5.74) is 0.941. The zero-order valence-corrected chi connectivity index (χ0v) is 8.93. The number of rotatable bonds is 2. The molecule has 0 N–H and O–H groups in total. The summed E-state index contributed by atoms with van der Waals surface area (Å²) in [5, 5.41) is 7.98. The molecule has 0 aliphatic heterocycles. The number of aryl methyl sites for hydroxylation is 2. The third kappa shape index (κ3) is 1.68. The lowest BCUT2D eigenvalue weighted by atomic mass is 10.4. The van der Waals surface area contributed by atoms with E-state index in [0.717, 1.165) is 17.3 Å². The summed E-state index contributed by atoms with van der Waals surface area (Å²) in [5.74, 6) is 2.29. The van der Waals surface area contributed by atoms with Gasteiger partial charge in [-0.1, -0.05) is 0 Å². The predicted molar refractivity (Wildman–Crippen MR) is 55.2 cm³/mol. The molecule has 0 aliphatic rings. The van der Waals surface area contributed by atoms with E-state index >= 15 is 0 Å². The highest BCUT2D eigenvalue weighted by Crippen LogP contribution is 2.13. The number of ether oxygens (including phenoxy) is 1. The van der Waals surface area contributed by atoms with E-state index in [4.69, 9.17) is 4.74 Å². The van der Waals surface area contributed by atoms with Gasteiger partial charge >= 0.3 is 0 Å². The summed E-state index contributed by atoms with van der Waals surface area (Å²) in [6, 6.07) is 3.74. The van der Waals surface area contributed by atoms with E-state index < -0.39 is 0 Å². The zero-order chi connectivity index (χ0) is 10.8. The van der Waals surface area contributed by atoms with Crippen LogP contribution in [0.4, 0.5) is 0 Å². The van der Waals surface area contributed by atoms with Gasteiger partial charge in [-0.2, -0.15) is 0 Å². The predicted octanol–water partition coefficient (Wildman–Crippen LogP) is 1.29. The van der Waals surface area contributed by atoms with Crippen LogP contribution in [0, 0.1) is 13.8 Å². The Morgan fingerprint density at radius 2 is 1.80 bits per heavy atom. The third-order valence-corrected chi connectivity index (χ3v) is 2.17. The molecule has 0 aromatic carbocycles. The molecule has 0 fully saturated rings. The van der Waals surface area contributed by atoms with Gasteiger partial charge in [-0.3, -0.25) is 4.57 Å². The van der Waals surface area contributed by atoms with E-state index in [1.165, 1.54) is 0 Å². The van der Waals surface area contributed by atoms with Gasteiger partial charge in [-0.15, -0.1) is 10.2 Å². The molecule has 2 aromatic heterocycles. The second kappa shape index (κ2) is 3.68. The first-order chi connectivity index (χ1) is 7.22. The first-order valence-electron chi connectivity index (χ1n) is 4.61. The molecule has 0 aliphatic carbocycles. The van der Waals surface area contributed by atoms with Crippen LogP contribution in [0.15, 0.2) is 18.3 Å². The molecule has 0 unspecified atom stereocenters. The molecule has 0 spiro atoms. The molecule has 0 saturated heterocycles.